The van der Waals surface area contributed by atoms with Crippen molar-refractivity contribution < 1.29 is 27.6 Å². The summed E-state index contributed by atoms with van der Waals surface area (Å²) in [6.45, 7) is 1.23. The van der Waals surface area contributed by atoms with Crippen molar-refractivity contribution in [3.05, 3.63) is 71.3 Å². The summed E-state index contributed by atoms with van der Waals surface area (Å²) in [5.74, 6) is -0.574. The van der Waals surface area contributed by atoms with E-state index in [1.807, 2.05) is 18.2 Å². The number of fused-ring (bicyclic) bond motifs is 1. The Balaban J connectivity index is 1.22. The molecule has 0 aromatic heterocycles. The molecule has 194 valence electrons. The molecule has 0 saturated carbocycles. The summed E-state index contributed by atoms with van der Waals surface area (Å²) in [7, 11) is -3.67. The minimum atomic E-state index is -3.67. The monoisotopic (exact) mass is 514 g/mol. The Morgan fingerprint density at radius 1 is 0.861 bits per heavy atom. The Hall–Kier alpha value is -2.59. The molecule has 2 heterocycles. The third-order valence-corrected chi connectivity index (χ3v) is 8.06. The van der Waals surface area contributed by atoms with Crippen LogP contribution in [0.25, 0.3) is 0 Å². The average Bonchev–Trinajstić information content (AvgIpc) is 3.13. The average molecular weight is 515 g/mol. The van der Waals surface area contributed by atoms with E-state index >= 15 is 0 Å². The normalized spacial score (nSPS) is 18.1. The minimum absolute atomic E-state index is 0.124. The zero-order chi connectivity index (χ0) is 25.4. The number of hydrogen-bond acceptors (Lipinski definition) is 6. The van der Waals surface area contributed by atoms with Gasteiger partial charge in [0.2, 0.25) is 10.0 Å². The van der Waals surface area contributed by atoms with E-state index in [2.05, 4.69) is 0 Å². The zero-order valence-corrected chi connectivity index (χ0v) is 21.3. The van der Waals surface area contributed by atoms with E-state index in [1.165, 1.54) is 4.90 Å². The van der Waals surface area contributed by atoms with Gasteiger partial charge in [-0.2, -0.15) is 0 Å². The van der Waals surface area contributed by atoms with Crippen LogP contribution in [0.4, 0.5) is 0 Å². The van der Waals surface area contributed by atoms with Crippen molar-refractivity contribution in [2.75, 3.05) is 19.7 Å². The number of sulfonamides is 1. The third kappa shape index (κ3) is 6.79. The molecule has 2 aliphatic rings. The van der Waals surface area contributed by atoms with Crippen molar-refractivity contribution >= 4 is 21.8 Å². The lowest BCUT2D eigenvalue weighted by Crippen LogP contribution is -2.38. The molecule has 0 spiro atoms. The van der Waals surface area contributed by atoms with E-state index < -0.39 is 16.3 Å². The van der Waals surface area contributed by atoms with Crippen molar-refractivity contribution in [3.63, 3.8) is 0 Å². The number of rotatable bonds is 13. The van der Waals surface area contributed by atoms with Crippen molar-refractivity contribution in [1.82, 2.24) is 9.37 Å². The van der Waals surface area contributed by atoms with Crippen LogP contribution in [-0.2, 0) is 25.4 Å². The Kier molecular flexibility index (Phi) is 9.25. The van der Waals surface area contributed by atoms with Gasteiger partial charge >= 0.3 is 0 Å². The van der Waals surface area contributed by atoms with Crippen molar-refractivity contribution in [1.29, 1.82) is 0 Å². The fourth-order valence-corrected chi connectivity index (χ4v) is 5.92. The summed E-state index contributed by atoms with van der Waals surface area (Å²) < 4.78 is 33.0. The van der Waals surface area contributed by atoms with Crippen LogP contribution in [0.15, 0.2) is 54.6 Å². The first-order chi connectivity index (χ1) is 17.5. The fourth-order valence-electron chi connectivity index (χ4n) is 4.52. The molecule has 2 aromatic rings. The molecule has 1 atom stereocenters. The maximum atomic E-state index is 13.1. The van der Waals surface area contributed by atoms with Gasteiger partial charge in [0, 0.05) is 26.1 Å². The van der Waals surface area contributed by atoms with Crippen LogP contribution >= 0.6 is 0 Å². The predicted octanol–water partition coefficient (Wildman–Crippen LogP) is 4.52. The van der Waals surface area contributed by atoms with Gasteiger partial charge in [-0.25, -0.2) is 8.42 Å². The number of ether oxygens (including phenoxy) is 1. The number of carbonyl (C=O) groups is 2. The van der Waals surface area contributed by atoms with Gasteiger partial charge in [0.05, 0.1) is 16.9 Å². The molecule has 2 aliphatic heterocycles. The van der Waals surface area contributed by atoms with E-state index in [1.54, 1.807) is 36.4 Å². The van der Waals surface area contributed by atoms with Crippen molar-refractivity contribution in [2.24, 2.45) is 0 Å². The van der Waals surface area contributed by atoms with Crippen LogP contribution in [0.5, 0.6) is 0 Å². The lowest BCUT2D eigenvalue weighted by molar-refractivity contribution is -0.252. The number of carbonyl (C=O) groups excluding carboxylic acids is 2. The largest absolute Gasteiger partial charge is 0.351 e. The standard InChI is InChI=1S/C27H34N2O6S/c30-26-23-15-7-8-16-24(23)27(31)28(26)18-10-2-1-3-11-19-29(35-25-17-9-12-20-34-25)36(32,33)21-22-13-5-4-6-14-22/h4-8,13-16,25H,1-3,9-12,17-21H2. The van der Waals surface area contributed by atoms with Gasteiger partial charge < -0.3 is 4.74 Å². The highest BCUT2D eigenvalue weighted by atomic mass is 32.2. The number of hydrogen-bond donors (Lipinski definition) is 0. The Morgan fingerprint density at radius 2 is 1.50 bits per heavy atom. The van der Waals surface area contributed by atoms with Crippen LogP contribution in [0.1, 0.15) is 77.6 Å². The second kappa shape index (κ2) is 12.6. The van der Waals surface area contributed by atoms with E-state index in [0.717, 1.165) is 36.6 Å². The predicted molar refractivity (Wildman–Crippen MR) is 135 cm³/mol. The molecule has 9 heteroatoms. The minimum Gasteiger partial charge on any atom is -0.351 e. The van der Waals surface area contributed by atoms with Gasteiger partial charge in [-0.1, -0.05) is 66.2 Å². The molecule has 0 radical (unpaired) electrons. The topological polar surface area (TPSA) is 93.2 Å². The number of nitrogens with zero attached hydrogens (tertiary/aromatic N) is 2. The first-order valence-corrected chi connectivity index (χ1v) is 14.3. The smallest absolute Gasteiger partial charge is 0.261 e. The van der Waals surface area contributed by atoms with Gasteiger partial charge in [-0.3, -0.25) is 19.3 Å². The quantitative estimate of drug-likeness (QED) is 0.222. The third-order valence-electron chi connectivity index (χ3n) is 6.48. The van der Waals surface area contributed by atoms with Crippen molar-refractivity contribution in [3.8, 4) is 0 Å². The lowest BCUT2D eigenvalue weighted by atomic mass is 10.1. The molecule has 2 aromatic carbocycles. The second-order valence-electron chi connectivity index (χ2n) is 9.25. The summed E-state index contributed by atoms with van der Waals surface area (Å²) in [5.41, 5.74) is 1.66. The maximum absolute atomic E-state index is 13.1. The van der Waals surface area contributed by atoms with Crippen LogP contribution in [0.3, 0.4) is 0 Å². The second-order valence-corrected chi connectivity index (χ2v) is 11.1. The first-order valence-electron chi connectivity index (χ1n) is 12.7. The van der Waals surface area contributed by atoms with E-state index in [0.29, 0.717) is 49.1 Å². The van der Waals surface area contributed by atoms with Gasteiger partial charge in [-0.05, 0) is 43.4 Å². The molecule has 1 saturated heterocycles. The molecule has 4 rings (SSSR count). The van der Waals surface area contributed by atoms with E-state index in [9.17, 15) is 18.0 Å². The molecule has 1 fully saturated rings. The summed E-state index contributed by atoms with van der Waals surface area (Å²) >= 11 is 0. The fraction of sp³-hybridized carbons (Fsp3) is 0.481. The highest BCUT2D eigenvalue weighted by Gasteiger charge is 2.34. The van der Waals surface area contributed by atoms with Gasteiger partial charge in [-0.15, -0.1) is 0 Å². The molecule has 0 bridgehead atoms. The summed E-state index contributed by atoms with van der Waals surface area (Å²) in [6.07, 6.45) is 5.93. The van der Waals surface area contributed by atoms with Crippen LogP contribution in [0, 0.1) is 0 Å². The van der Waals surface area contributed by atoms with Gasteiger partial charge in [0.1, 0.15) is 0 Å². The Morgan fingerprint density at radius 3 is 2.17 bits per heavy atom. The summed E-state index contributed by atoms with van der Waals surface area (Å²) in [4.78, 5) is 32.1. The first kappa shape index (κ1) is 26.5. The number of unbranched alkanes of at least 4 members (excludes halogenated alkanes) is 4. The number of hydroxylamine groups is 1. The maximum Gasteiger partial charge on any atom is 0.261 e. The molecule has 36 heavy (non-hydrogen) atoms. The highest BCUT2D eigenvalue weighted by Crippen LogP contribution is 2.23. The van der Waals surface area contributed by atoms with Gasteiger partial charge in [0.25, 0.3) is 11.8 Å². The van der Waals surface area contributed by atoms with E-state index in [-0.39, 0.29) is 24.1 Å². The molecular weight excluding hydrogens is 480 g/mol. The molecule has 8 nitrogen and oxygen atoms in total. The van der Waals surface area contributed by atoms with Gasteiger partial charge in [0.15, 0.2) is 6.29 Å². The number of benzene rings is 2. The Labute approximate surface area is 213 Å². The molecule has 0 aliphatic carbocycles. The van der Waals surface area contributed by atoms with Crippen LogP contribution in [0.2, 0.25) is 0 Å². The number of imide groups is 1. The highest BCUT2D eigenvalue weighted by molar-refractivity contribution is 7.88. The van der Waals surface area contributed by atoms with Crippen molar-refractivity contribution in [2.45, 2.75) is 63.4 Å². The summed E-state index contributed by atoms with van der Waals surface area (Å²) in [5, 5.41) is 0. The molecule has 0 N–H and O–H groups in total. The number of amides is 2. The molecule has 2 amide bonds. The lowest BCUT2D eigenvalue weighted by Gasteiger charge is -2.29. The zero-order valence-electron chi connectivity index (χ0n) is 20.5. The SMILES string of the molecule is O=C1c2ccccc2C(=O)N1CCCCCCCN(OC1CCCCO1)S(=O)(=O)Cc1ccccc1. The van der Waals surface area contributed by atoms with E-state index in [4.69, 9.17) is 9.57 Å². The molecule has 1 unspecified atom stereocenters. The van der Waals surface area contributed by atoms with Crippen LogP contribution in [-0.4, -0.2) is 55.6 Å². The Bertz CT molecular complexity index is 1100. The molecular formula is C27H34N2O6S. The summed E-state index contributed by atoms with van der Waals surface area (Å²) in [6, 6.07) is 16.0. The van der Waals surface area contributed by atoms with Crippen LogP contribution < -0.4 is 0 Å².